The van der Waals surface area contributed by atoms with Gasteiger partial charge in [-0.2, -0.15) is 0 Å². The summed E-state index contributed by atoms with van der Waals surface area (Å²) in [4.78, 5) is 40.5. The van der Waals surface area contributed by atoms with Crippen molar-refractivity contribution in [3.05, 3.63) is 70.3 Å². The predicted octanol–water partition coefficient (Wildman–Crippen LogP) is 1.71. The fourth-order valence-corrected chi connectivity index (χ4v) is 2.81. The number of carbonyl (C=O) groups is 2. The maximum absolute atomic E-state index is 12.4. The van der Waals surface area contributed by atoms with Crippen molar-refractivity contribution in [2.45, 2.75) is 12.5 Å². The monoisotopic (exact) mass is 382 g/mol. The van der Waals surface area contributed by atoms with E-state index in [1.165, 1.54) is 44.8 Å². The molecule has 0 bridgehead atoms. The van der Waals surface area contributed by atoms with Gasteiger partial charge in [0.15, 0.2) is 0 Å². The van der Waals surface area contributed by atoms with Gasteiger partial charge in [0.25, 0.3) is 5.91 Å². The van der Waals surface area contributed by atoms with Crippen LogP contribution >= 0.6 is 0 Å². The highest BCUT2D eigenvalue weighted by Crippen LogP contribution is 2.23. The summed E-state index contributed by atoms with van der Waals surface area (Å²) < 4.78 is 15.2. The highest BCUT2D eigenvalue weighted by molar-refractivity contribution is 5.96. The summed E-state index contributed by atoms with van der Waals surface area (Å²) in [5.74, 6) is -0.549. The van der Waals surface area contributed by atoms with Crippen LogP contribution in [-0.4, -0.2) is 37.1 Å². The Bertz CT molecular complexity index is 1060. The second-order valence-electron chi connectivity index (χ2n) is 5.94. The number of esters is 1. The fourth-order valence-electron chi connectivity index (χ4n) is 2.81. The van der Waals surface area contributed by atoms with E-state index in [9.17, 15) is 14.4 Å². The topological polar surface area (TPSA) is 108 Å². The number of fused-ring (bicyclic) bond motifs is 1. The number of methoxy groups -OCH3 is 2. The molecule has 0 fully saturated rings. The highest BCUT2D eigenvalue weighted by Gasteiger charge is 2.24. The number of nitrogens with one attached hydrogen (secondary N) is 1. The molecule has 2 heterocycles. The van der Waals surface area contributed by atoms with Gasteiger partial charge in [0, 0.05) is 41.9 Å². The number of aromatic nitrogens is 1. The van der Waals surface area contributed by atoms with Gasteiger partial charge in [-0.05, 0) is 29.8 Å². The molecule has 2 aromatic heterocycles. The van der Waals surface area contributed by atoms with Gasteiger partial charge in [-0.3, -0.25) is 9.78 Å². The Hall–Kier alpha value is -3.68. The summed E-state index contributed by atoms with van der Waals surface area (Å²) in [7, 11) is 2.74. The van der Waals surface area contributed by atoms with Gasteiger partial charge in [0.2, 0.25) is 0 Å². The quantitative estimate of drug-likeness (QED) is 0.511. The van der Waals surface area contributed by atoms with Crippen molar-refractivity contribution in [3.63, 3.8) is 0 Å². The third kappa shape index (κ3) is 4.17. The molecule has 0 aliphatic carbocycles. The normalized spacial score (nSPS) is 11.6. The van der Waals surface area contributed by atoms with E-state index in [-0.39, 0.29) is 6.42 Å². The maximum atomic E-state index is 12.4. The SMILES string of the molecule is COC(=O)[C@H](Cc1cc(=O)oc2cc(OC)ccc12)NC(=O)c1ccncc1. The first-order valence-electron chi connectivity index (χ1n) is 8.41. The molecule has 0 saturated heterocycles. The molecule has 0 spiro atoms. The van der Waals surface area contributed by atoms with Crippen LogP contribution in [0.5, 0.6) is 5.75 Å². The summed E-state index contributed by atoms with van der Waals surface area (Å²) in [5.41, 5.74) is 0.649. The van der Waals surface area contributed by atoms with E-state index in [0.29, 0.717) is 27.8 Å². The van der Waals surface area contributed by atoms with Gasteiger partial charge in [-0.25, -0.2) is 9.59 Å². The van der Waals surface area contributed by atoms with Crippen molar-refractivity contribution in [1.82, 2.24) is 10.3 Å². The highest BCUT2D eigenvalue weighted by atomic mass is 16.5. The van der Waals surface area contributed by atoms with Crippen molar-refractivity contribution >= 4 is 22.8 Å². The summed E-state index contributed by atoms with van der Waals surface area (Å²) in [6, 6.07) is 8.40. The van der Waals surface area contributed by atoms with Gasteiger partial charge >= 0.3 is 11.6 Å². The molecule has 0 saturated carbocycles. The van der Waals surface area contributed by atoms with E-state index in [1.54, 1.807) is 18.2 Å². The van der Waals surface area contributed by atoms with Gasteiger partial charge < -0.3 is 19.2 Å². The lowest BCUT2D eigenvalue weighted by molar-refractivity contribution is -0.142. The van der Waals surface area contributed by atoms with Crippen molar-refractivity contribution in [2.75, 3.05) is 14.2 Å². The first-order chi connectivity index (χ1) is 13.5. The molecule has 0 aliphatic rings. The predicted molar refractivity (Wildman–Crippen MR) is 100 cm³/mol. The Balaban J connectivity index is 1.94. The van der Waals surface area contributed by atoms with Crippen LogP contribution in [0.1, 0.15) is 15.9 Å². The molecule has 1 amide bonds. The first kappa shape index (κ1) is 19.1. The Morgan fingerprint density at radius 3 is 2.57 bits per heavy atom. The number of carbonyl (C=O) groups excluding carboxylic acids is 2. The zero-order chi connectivity index (χ0) is 20.1. The molecule has 28 heavy (non-hydrogen) atoms. The van der Waals surface area contributed by atoms with E-state index in [2.05, 4.69) is 10.3 Å². The smallest absolute Gasteiger partial charge is 0.336 e. The summed E-state index contributed by atoms with van der Waals surface area (Å²) in [6.45, 7) is 0. The number of rotatable bonds is 6. The van der Waals surface area contributed by atoms with Crippen LogP contribution < -0.4 is 15.7 Å². The molecule has 144 valence electrons. The van der Waals surface area contributed by atoms with Crippen LogP contribution in [0.2, 0.25) is 0 Å². The van der Waals surface area contributed by atoms with Crippen LogP contribution in [0.3, 0.4) is 0 Å². The minimum atomic E-state index is -0.988. The number of pyridine rings is 1. The van der Waals surface area contributed by atoms with Gasteiger partial charge in [0.1, 0.15) is 17.4 Å². The number of nitrogens with zero attached hydrogens (tertiary/aromatic N) is 1. The molecule has 3 aromatic rings. The van der Waals surface area contributed by atoms with E-state index in [4.69, 9.17) is 13.9 Å². The molecule has 3 rings (SSSR count). The Labute approximate surface area is 160 Å². The van der Waals surface area contributed by atoms with Crippen molar-refractivity contribution in [1.29, 1.82) is 0 Å². The van der Waals surface area contributed by atoms with E-state index in [1.807, 2.05) is 0 Å². The number of benzene rings is 1. The molecule has 0 aliphatic heterocycles. The lowest BCUT2D eigenvalue weighted by Crippen LogP contribution is -2.43. The van der Waals surface area contributed by atoms with Crippen LogP contribution in [0.25, 0.3) is 11.0 Å². The summed E-state index contributed by atoms with van der Waals surface area (Å²) in [5, 5.41) is 3.27. The van der Waals surface area contributed by atoms with Crippen LogP contribution in [-0.2, 0) is 16.0 Å². The lowest BCUT2D eigenvalue weighted by Gasteiger charge is -2.17. The third-order valence-electron chi connectivity index (χ3n) is 4.19. The van der Waals surface area contributed by atoms with E-state index < -0.39 is 23.5 Å². The Kier molecular flexibility index (Phi) is 5.69. The van der Waals surface area contributed by atoms with Crippen molar-refractivity contribution < 1.29 is 23.5 Å². The third-order valence-corrected chi connectivity index (χ3v) is 4.19. The molecule has 1 aromatic carbocycles. The molecule has 0 unspecified atom stereocenters. The molecular weight excluding hydrogens is 364 g/mol. The maximum Gasteiger partial charge on any atom is 0.336 e. The van der Waals surface area contributed by atoms with Gasteiger partial charge in [-0.15, -0.1) is 0 Å². The summed E-state index contributed by atoms with van der Waals surface area (Å²) >= 11 is 0. The van der Waals surface area contributed by atoms with Crippen LogP contribution in [0.15, 0.2) is 58.0 Å². The Morgan fingerprint density at radius 2 is 1.89 bits per heavy atom. The number of amides is 1. The van der Waals surface area contributed by atoms with Crippen molar-refractivity contribution in [3.8, 4) is 5.75 Å². The molecule has 0 radical (unpaired) electrons. The largest absolute Gasteiger partial charge is 0.497 e. The fraction of sp³-hybridized carbons (Fsp3) is 0.200. The minimum absolute atomic E-state index is 0.0535. The summed E-state index contributed by atoms with van der Waals surface area (Å²) in [6.07, 6.45) is 3.01. The molecule has 1 atom stereocenters. The average Bonchev–Trinajstić information content (AvgIpc) is 2.72. The molecular formula is C20H18N2O6. The number of hydrogen-bond donors (Lipinski definition) is 1. The molecule has 1 N–H and O–H groups in total. The van der Waals surface area contributed by atoms with Gasteiger partial charge in [-0.1, -0.05) is 0 Å². The molecule has 8 heteroatoms. The van der Waals surface area contributed by atoms with E-state index >= 15 is 0 Å². The van der Waals surface area contributed by atoms with Crippen molar-refractivity contribution in [2.24, 2.45) is 0 Å². The first-order valence-corrected chi connectivity index (χ1v) is 8.41. The Morgan fingerprint density at radius 1 is 1.14 bits per heavy atom. The van der Waals surface area contributed by atoms with Gasteiger partial charge in [0.05, 0.1) is 14.2 Å². The standard InChI is InChI=1S/C20H18N2O6/c1-26-14-3-4-15-13(10-18(23)28-17(15)11-14)9-16(20(25)27-2)22-19(24)12-5-7-21-8-6-12/h3-8,10-11,16H,9H2,1-2H3,(H,22,24)/t16-/m0/s1. The number of ether oxygens (including phenoxy) is 2. The zero-order valence-corrected chi connectivity index (χ0v) is 15.3. The minimum Gasteiger partial charge on any atom is -0.497 e. The second-order valence-corrected chi connectivity index (χ2v) is 5.94. The zero-order valence-electron chi connectivity index (χ0n) is 15.3. The second kappa shape index (κ2) is 8.34. The molecule has 8 nitrogen and oxygen atoms in total. The number of hydrogen-bond acceptors (Lipinski definition) is 7. The van der Waals surface area contributed by atoms with E-state index in [0.717, 1.165) is 0 Å². The average molecular weight is 382 g/mol. The van der Waals surface area contributed by atoms with Crippen LogP contribution in [0.4, 0.5) is 0 Å². The van der Waals surface area contributed by atoms with Crippen LogP contribution in [0, 0.1) is 0 Å². The lowest BCUT2D eigenvalue weighted by atomic mass is 10.0.